The van der Waals surface area contributed by atoms with Crippen LogP contribution in [0.5, 0.6) is 5.88 Å². The number of pyridine rings is 1. The molecule has 0 saturated carbocycles. The van der Waals surface area contributed by atoms with Crippen molar-refractivity contribution in [3.8, 4) is 22.8 Å². The predicted octanol–water partition coefficient (Wildman–Crippen LogP) is 4.01. The van der Waals surface area contributed by atoms with E-state index in [1.165, 1.54) is 12.7 Å². The lowest BCUT2D eigenvalue weighted by Crippen LogP contribution is -2.42. The number of urea groups is 1. The second-order valence-corrected chi connectivity index (χ2v) is 11.9. The summed E-state index contributed by atoms with van der Waals surface area (Å²) < 4.78 is 17.9. The van der Waals surface area contributed by atoms with Crippen molar-refractivity contribution in [2.24, 2.45) is 0 Å². The van der Waals surface area contributed by atoms with E-state index in [1.807, 2.05) is 55.5 Å². The predicted molar refractivity (Wildman–Crippen MR) is 178 cm³/mol. The molecule has 4 aromatic rings. The van der Waals surface area contributed by atoms with E-state index in [0.717, 1.165) is 30.8 Å². The first-order valence-corrected chi connectivity index (χ1v) is 15.9. The standard InChI is InChI=1S/C35H41N7O5/c1-23-31(25-18-28(34(46-3)36-19-25)33(43)37-26-14-16-47-22-26)40-42(27-12-8-5-9-13-27)32(23)39-35(44)38-30-21-41(15-17-45-2)20-29(30)24-10-6-4-7-11-24/h4-13,18-19,26,29-30H,14-17,20-22H2,1-3H3,(H,37,43)(H2,38,39,44)/t26-,29+,30-/m1/s1. The van der Waals surface area contributed by atoms with Crippen LogP contribution in [0.1, 0.15) is 33.8 Å². The number of carbonyl (C=O) groups excluding carboxylic acids is 2. The second-order valence-electron chi connectivity index (χ2n) is 11.9. The normalized spacial score (nSPS) is 19.4. The number of nitrogens with one attached hydrogen (secondary N) is 3. The number of rotatable bonds is 11. The number of amides is 3. The van der Waals surface area contributed by atoms with Gasteiger partial charge < -0.3 is 24.8 Å². The topological polar surface area (TPSA) is 132 Å². The Morgan fingerprint density at radius 2 is 1.79 bits per heavy atom. The zero-order chi connectivity index (χ0) is 32.8. The summed E-state index contributed by atoms with van der Waals surface area (Å²) >= 11 is 0. The molecule has 2 aliphatic rings. The molecule has 246 valence electrons. The molecule has 3 amide bonds. The first kappa shape index (κ1) is 32.2. The molecular weight excluding hydrogens is 598 g/mol. The Morgan fingerprint density at radius 3 is 2.49 bits per heavy atom. The lowest BCUT2D eigenvalue weighted by molar-refractivity contribution is 0.0926. The highest BCUT2D eigenvalue weighted by Crippen LogP contribution is 2.33. The summed E-state index contributed by atoms with van der Waals surface area (Å²) in [4.78, 5) is 33.8. The van der Waals surface area contributed by atoms with Gasteiger partial charge in [0, 0.05) is 56.6 Å². The molecule has 0 bridgehead atoms. The number of nitrogens with zero attached hydrogens (tertiary/aromatic N) is 4. The van der Waals surface area contributed by atoms with Gasteiger partial charge in [-0.05, 0) is 37.1 Å². The van der Waals surface area contributed by atoms with E-state index in [4.69, 9.17) is 19.3 Å². The minimum Gasteiger partial charge on any atom is -0.480 e. The maximum atomic E-state index is 13.7. The maximum absolute atomic E-state index is 13.7. The van der Waals surface area contributed by atoms with Crippen molar-refractivity contribution in [3.63, 3.8) is 0 Å². The van der Waals surface area contributed by atoms with Gasteiger partial charge in [-0.1, -0.05) is 48.5 Å². The van der Waals surface area contributed by atoms with Gasteiger partial charge in [-0.25, -0.2) is 14.5 Å². The Balaban J connectivity index is 1.29. The first-order chi connectivity index (χ1) is 22.9. The van der Waals surface area contributed by atoms with Gasteiger partial charge in [-0.15, -0.1) is 0 Å². The quantitative estimate of drug-likeness (QED) is 0.225. The number of methoxy groups -OCH3 is 2. The van der Waals surface area contributed by atoms with Gasteiger partial charge in [0.1, 0.15) is 11.4 Å². The summed E-state index contributed by atoms with van der Waals surface area (Å²) in [5.41, 5.74) is 4.15. The van der Waals surface area contributed by atoms with Gasteiger partial charge in [-0.2, -0.15) is 5.10 Å². The van der Waals surface area contributed by atoms with E-state index >= 15 is 0 Å². The van der Waals surface area contributed by atoms with E-state index in [9.17, 15) is 9.59 Å². The molecule has 0 radical (unpaired) electrons. The van der Waals surface area contributed by atoms with E-state index in [2.05, 4.69) is 38.0 Å². The van der Waals surface area contributed by atoms with Crippen molar-refractivity contribution in [3.05, 3.63) is 89.6 Å². The number of anilines is 1. The van der Waals surface area contributed by atoms with Gasteiger partial charge in [0.15, 0.2) is 0 Å². The molecule has 12 nitrogen and oxygen atoms in total. The van der Waals surface area contributed by atoms with Crippen LogP contribution in [-0.4, -0.2) is 97.4 Å². The van der Waals surface area contributed by atoms with Crippen LogP contribution < -0.4 is 20.7 Å². The minimum atomic E-state index is -0.331. The Hall–Kier alpha value is -4.78. The Bertz CT molecular complexity index is 1670. The van der Waals surface area contributed by atoms with Crippen LogP contribution in [0.25, 0.3) is 16.9 Å². The zero-order valence-electron chi connectivity index (χ0n) is 26.9. The molecule has 2 aromatic carbocycles. The van der Waals surface area contributed by atoms with Crippen LogP contribution in [0.4, 0.5) is 10.6 Å². The fraction of sp³-hybridized carbons (Fsp3) is 0.371. The van der Waals surface area contributed by atoms with Gasteiger partial charge in [-0.3, -0.25) is 15.0 Å². The van der Waals surface area contributed by atoms with Gasteiger partial charge >= 0.3 is 6.03 Å². The number of para-hydroxylation sites is 1. The van der Waals surface area contributed by atoms with Crippen LogP contribution in [0.3, 0.4) is 0 Å². The first-order valence-electron chi connectivity index (χ1n) is 15.9. The van der Waals surface area contributed by atoms with Crippen molar-refractivity contribution in [2.75, 3.05) is 59.0 Å². The molecule has 2 fully saturated rings. The van der Waals surface area contributed by atoms with Crippen molar-refractivity contribution in [1.82, 2.24) is 30.3 Å². The largest absolute Gasteiger partial charge is 0.480 e. The van der Waals surface area contributed by atoms with Crippen molar-refractivity contribution in [1.29, 1.82) is 0 Å². The lowest BCUT2D eigenvalue weighted by atomic mass is 9.94. The smallest absolute Gasteiger partial charge is 0.320 e. The SMILES string of the molecule is COCCN1C[C@@H](NC(=O)Nc2c(C)c(-c3cnc(OC)c(C(=O)N[C@@H]4CCOC4)c3)nn2-c2ccccc2)[C@H](c2ccccc2)C1. The molecule has 3 atom stereocenters. The molecule has 3 N–H and O–H groups in total. The van der Waals surface area contributed by atoms with Crippen LogP contribution in [0.2, 0.25) is 0 Å². The monoisotopic (exact) mass is 639 g/mol. The number of hydrogen-bond acceptors (Lipinski definition) is 8. The molecular formula is C35H41N7O5. The summed E-state index contributed by atoms with van der Waals surface area (Å²) in [7, 11) is 3.18. The molecule has 2 aliphatic heterocycles. The average molecular weight is 640 g/mol. The third-order valence-corrected chi connectivity index (χ3v) is 8.73. The second kappa shape index (κ2) is 14.8. The van der Waals surface area contributed by atoms with Crippen molar-refractivity contribution in [2.45, 2.75) is 31.3 Å². The Kier molecular flexibility index (Phi) is 10.1. The van der Waals surface area contributed by atoms with Gasteiger partial charge in [0.2, 0.25) is 5.88 Å². The van der Waals surface area contributed by atoms with E-state index in [1.54, 1.807) is 24.1 Å². The maximum Gasteiger partial charge on any atom is 0.320 e. The zero-order valence-corrected chi connectivity index (χ0v) is 26.9. The molecule has 2 saturated heterocycles. The fourth-order valence-corrected chi connectivity index (χ4v) is 6.28. The number of hydrogen-bond donors (Lipinski definition) is 3. The van der Waals surface area contributed by atoms with Crippen LogP contribution in [0.15, 0.2) is 72.9 Å². The molecule has 6 rings (SSSR count). The molecule has 47 heavy (non-hydrogen) atoms. The van der Waals surface area contributed by atoms with E-state index < -0.39 is 0 Å². The van der Waals surface area contributed by atoms with Crippen LogP contribution in [0, 0.1) is 6.92 Å². The molecule has 2 aromatic heterocycles. The highest BCUT2D eigenvalue weighted by Gasteiger charge is 2.35. The summed E-state index contributed by atoms with van der Waals surface area (Å²) in [6, 6.07) is 21.1. The summed E-state index contributed by atoms with van der Waals surface area (Å²) in [6.45, 7) is 5.90. The molecule has 0 spiro atoms. The van der Waals surface area contributed by atoms with Crippen LogP contribution in [-0.2, 0) is 9.47 Å². The number of benzene rings is 2. The van der Waals surface area contributed by atoms with Crippen LogP contribution >= 0.6 is 0 Å². The highest BCUT2D eigenvalue weighted by atomic mass is 16.5. The highest BCUT2D eigenvalue weighted by molar-refractivity contribution is 5.98. The number of carbonyl (C=O) groups is 2. The minimum absolute atomic E-state index is 0.0717. The van der Waals surface area contributed by atoms with Crippen molar-refractivity contribution < 1.29 is 23.8 Å². The lowest BCUT2D eigenvalue weighted by Gasteiger charge is -2.21. The Morgan fingerprint density at radius 1 is 1.02 bits per heavy atom. The van der Waals surface area contributed by atoms with E-state index in [0.29, 0.717) is 49.0 Å². The molecule has 0 unspecified atom stereocenters. The third-order valence-electron chi connectivity index (χ3n) is 8.73. The summed E-state index contributed by atoms with van der Waals surface area (Å²) in [5.74, 6) is 0.556. The van der Waals surface area contributed by atoms with Gasteiger partial charge in [0.05, 0.1) is 43.8 Å². The molecule has 4 heterocycles. The third kappa shape index (κ3) is 7.30. The number of likely N-dealkylation sites (tertiary alicyclic amines) is 1. The van der Waals surface area contributed by atoms with E-state index in [-0.39, 0.29) is 35.8 Å². The Labute approximate surface area is 274 Å². The van der Waals surface area contributed by atoms with Gasteiger partial charge in [0.25, 0.3) is 5.91 Å². The molecule has 0 aliphatic carbocycles. The number of ether oxygens (including phenoxy) is 3. The summed E-state index contributed by atoms with van der Waals surface area (Å²) in [5, 5.41) is 14.3. The fourth-order valence-electron chi connectivity index (χ4n) is 6.28. The summed E-state index contributed by atoms with van der Waals surface area (Å²) in [6.07, 6.45) is 2.37. The molecule has 12 heteroatoms. The van der Waals surface area contributed by atoms with Crippen molar-refractivity contribution >= 4 is 17.8 Å². The average Bonchev–Trinajstić information content (AvgIpc) is 3.84. The number of aromatic nitrogens is 3.